The molecule has 0 amide bonds. The summed E-state index contributed by atoms with van der Waals surface area (Å²) in [5, 5.41) is 3.99. The molecule has 2 rings (SSSR count). The first-order valence-corrected chi connectivity index (χ1v) is 6.82. The van der Waals surface area contributed by atoms with Crippen LogP contribution < -0.4 is 10.1 Å². The molecule has 0 saturated carbocycles. The van der Waals surface area contributed by atoms with Crippen LogP contribution in [0.3, 0.4) is 0 Å². The molecule has 0 spiro atoms. The zero-order valence-corrected chi connectivity index (χ0v) is 12.6. The Kier molecular flexibility index (Phi) is 4.73. The zero-order chi connectivity index (χ0) is 14.7. The van der Waals surface area contributed by atoms with Gasteiger partial charge in [0.1, 0.15) is 11.6 Å². The van der Waals surface area contributed by atoms with Crippen molar-refractivity contribution in [3.05, 3.63) is 57.8 Å². The molecule has 0 heterocycles. The molecule has 0 aliphatic heterocycles. The number of rotatable bonds is 4. The highest BCUT2D eigenvalue weighted by Gasteiger charge is 2.11. The molecular formula is C15H14Cl2FNO. The van der Waals surface area contributed by atoms with Crippen molar-refractivity contribution in [1.29, 1.82) is 0 Å². The molecule has 20 heavy (non-hydrogen) atoms. The highest BCUT2D eigenvalue weighted by molar-refractivity contribution is 6.31. The zero-order valence-electron chi connectivity index (χ0n) is 11.1. The fourth-order valence-electron chi connectivity index (χ4n) is 1.89. The molecular weight excluding hydrogens is 300 g/mol. The van der Waals surface area contributed by atoms with Gasteiger partial charge in [-0.25, -0.2) is 4.39 Å². The number of anilines is 1. The van der Waals surface area contributed by atoms with E-state index in [2.05, 4.69) is 5.32 Å². The number of methoxy groups -OCH3 is 1. The lowest BCUT2D eigenvalue weighted by Gasteiger charge is -2.18. The minimum Gasteiger partial charge on any atom is -0.495 e. The molecule has 106 valence electrons. The Morgan fingerprint density at radius 2 is 1.90 bits per heavy atom. The topological polar surface area (TPSA) is 21.3 Å². The number of ether oxygens (including phenoxy) is 1. The lowest BCUT2D eigenvalue weighted by atomic mass is 10.1. The van der Waals surface area contributed by atoms with Crippen LogP contribution in [-0.4, -0.2) is 7.11 Å². The van der Waals surface area contributed by atoms with E-state index in [0.717, 1.165) is 11.3 Å². The van der Waals surface area contributed by atoms with Crippen LogP contribution in [0.25, 0.3) is 0 Å². The summed E-state index contributed by atoms with van der Waals surface area (Å²) in [5.74, 6) is 0.261. The molecule has 0 saturated heterocycles. The Hall–Kier alpha value is -1.45. The van der Waals surface area contributed by atoms with Gasteiger partial charge >= 0.3 is 0 Å². The largest absolute Gasteiger partial charge is 0.495 e. The van der Waals surface area contributed by atoms with E-state index in [1.54, 1.807) is 37.4 Å². The quantitative estimate of drug-likeness (QED) is 0.825. The highest BCUT2D eigenvalue weighted by Crippen LogP contribution is 2.31. The fourth-order valence-corrected chi connectivity index (χ4v) is 2.25. The summed E-state index contributed by atoms with van der Waals surface area (Å²) in [7, 11) is 1.59. The molecule has 2 nitrogen and oxygen atoms in total. The number of benzene rings is 2. The summed E-state index contributed by atoms with van der Waals surface area (Å²) >= 11 is 11.8. The molecule has 1 N–H and O–H groups in total. The SMILES string of the molecule is COc1ccc(Cl)cc1NC(C)c1ccc(F)c(Cl)c1. The van der Waals surface area contributed by atoms with Crippen molar-refractivity contribution in [1.82, 2.24) is 0 Å². The molecule has 0 bridgehead atoms. The van der Waals surface area contributed by atoms with Crippen LogP contribution in [0.2, 0.25) is 10.0 Å². The van der Waals surface area contributed by atoms with Crippen LogP contribution in [0.5, 0.6) is 5.75 Å². The third kappa shape index (κ3) is 3.35. The standard InChI is InChI=1S/C15H14Cl2FNO/c1-9(10-3-5-13(18)12(17)7-10)19-14-8-11(16)4-6-15(14)20-2/h3-9,19H,1-2H3. The second-order valence-electron chi connectivity index (χ2n) is 4.38. The van der Waals surface area contributed by atoms with Gasteiger partial charge in [0, 0.05) is 11.1 Å². The van der Waals surface area contributed by atoms with Gasteiger partial charge < -0.3 is 10.1 Å². The van der Waals surface area contributed by atoms with Crippen LogP contribution in [0.15, 0.2) is 36.4 Å². The van der Waals surface area contributed by atoms with Crippen molar-refractivity contribution in [3.63, 3.8) is 0 Å². The predicted octanol–water partition coefficient (Wildman–Crippen LogP) is 5.31. The molecule has 0 fully saturated rings. The maximum absolute atomic E-state index is 13.2. The average Bonchev–Trinajstić information content (AvgIpc) is 2.42. The van der Waals surface area contributed by atoms with Crippen molar-refractivity contribution in [3.8, 4) is 5.75 Å². The van der Waals surface area contributed by atoms with Gasteiger partial charge in [-0.3, -0.25) is 0 Å². The first-order chi connectivity index (χ1) is 9.51. The minimum absolute atomic E-state index is 0.0690. The maximum atomic E-state index is 13.2. The molecule has 2 aromatic rings. The van der Waals surface area contributed by atoms with Gasteiger partial charge in [0.25, 0.3) is 0 Å². The van der Waals surface area contributed by atoms with Crippen molar-refractivity contribution in [2.45, 2.75) is 13.0 Å². The molecule has 0 aliphatic carbocycles. The van der Waals surface area contributed by atoms with E-state index in [1.165, 1.54) is 6.07 Å². The number of hydrogen-bond donors (Lipinski definition) is 1. The van der Waals surface area contributed by atoms with Crippen molar-refractivity contribution < 1.29 is 9.13 Å². The van der Waals surface area contributed by atoms with E-state index in [1.807, 2.05) is 6.92 Å². The molecule has 1 atom stereocenters. The van der Waals surface area contributed by atoms with E-state index >= 15 is 0 Å². The lowest BCUT2D eigenvalue weighted by Crippen LogP contribution is -2.08. The Morgan fingerprint density at radius 1 is 1.15 bits per heavy atom. The summed E-state index contributed by atoms with van der Waals surface area (Å²) in [6, 6.07) is 9.90. The van der Waals surface area contributed by atoms with Crippen LogP contribution >= 0.6 is 23.2 Å². The van der Waals surface area contributed by atoms with Gasteiger partial charge in [-0.1, -0.05) is 29.3 Å². The van der Waals surface area contributed by atoms with Gasteiger partial charge in [0.2, 0.25) is 0 Å². The second-order valence-corrected chi connectivity index (χ2v) is 5.23. The van der Waals surface area contributed by atoms with Gasteiger partial charge in [0.05, 0.1) is 17.8 Å². The van der Waals surface area contributed by atoms with Gasteiger partial charge in [-0.15, -0.1) is 0 Å². The van der Waals surface area contributed by atoms with E-state index in [9.17, 15) is 4.39 Å². The van der Waals surface area contributed by atoms with E-state index in [-0.39, 0.29) is 11.1 Å². The third-order valence-corrected chi connectivity index (χ3v) is 3.50. The average molecular weight is 314 g/mol. The molecule has 2 aromatic carbocycles. The fraction of sp³-hybridized carbons (Fsp3) is 0.200. The number of hydrogen-bond acceptors (Lipinski definition) is 2. The van der Waals surface area contributed by atoms with E-state index in [0.29, 0.717) is 10.8 Å². The number of nitrogens with one attached hydrogen (secondary N) is 1. The van der Waals surface area contributed by atoms with E-state index < -0.39 is 5.82 Å². The molecule has 0 radical (unpaired) electrons. The summed E-state index contributed by atoms with van der Waals surface area (Å²) in [6.07, 6.45) is 0. The van der Waals surface area contributed by atoms with Gasteiger partial charge in [-0.2, -0.15) is 0 Å². The van der Waals surface area contributed by atoms with Gasteiger partial charge in [0.15, 0.2) is 0 Å². The first kappa shape index (κ1) is 14.9. The summed E-state index contributed by atoms with van der Waals surface area (Å²) in [5.41, 5.74) is 1.64. The normalized spacial score (nSPS) is 12.1. The molecule has 0 aromatic heterocycles. The Bertz CT molecular complexity index is 619. The van der Waals surface area contributed by atoms with Crippen molar-refractivity contribution >= 4 is 28.9 Å². The lowest BCUT2D eigenvalue weighted by molar-refractivity contribution is 0.416. The van der Waals surface area contributed by atoms with Gasteiger partial charge in [-0.05, 0) is 42.8 Å². The minimum atomic E-state index is -0.428. The maximum Gasteiger partial charge on any atom is 0.142 e. The predicted molar refractivity (Wildman–Crippen MR) is 81.5 cm³/mol. The smallest absolute Gasteiger partial charge is 0.142 e. The molecule has 5 heteroatoms. The number of halogens is 3. The van der Waals surface area contributed by atoms with Crippen LogP contribution in [0, 0.1) is 5.82 Å². The summed E-state index contributed by atoms with van der Waals surface area (Å²) in [6.45, 7) is 1.95. The summed E-state index contributed by atoms with van der Waals surface area (Å²) < 4.78 is 18.4. The second kappa shape index (κ2) is 6.33. The van der Waals surface area contributed by atoms with E-state index in [4.69, 9.17) is 27.9 Å². The Morgan fingerprint density at radius 3 is 2.55 bits per heavy atom. The Labute approximate surface area is 127 Å². The van der Waals surface area contributed by atoms with Crippen molar-refractivity contribution in [2.24, 2.45) is 0 Å². The summed E-state index contributed by atoms with van der Waals surface area (Å²) in [4.78, 5) is 0. The van der Waals surface area contributed by atoms with Crippen molar-refractivity contribution in [2.75, 3.05) is 12.4 Å². The molecule has 0 aliphatic rings. The molecule has 1 unspecified atom stereocenters. The monoisotopic (exact) mass is 313 g/mol. The Balaban J connectivity index is 2.24. The van der Waals surface area contributed by atoms with Crippen LogP contribution in [0.1, 0.15) is 18.5 Å². The van der Waals surface area contributed by atoms with Crippen LogP contribution in [-0.2, 0) is 0 Å². The van der Waals surface area contributed by atoms with Crippen LogP contribution in [0.4, 0.5) is 10.1 Å². The third-order valence-electron chi connectivity index (χ3n) is 2.98. The first-order valence-electron chi connectivity index (χ1n) is 6.06. The highest BCUT2D eigenvalue weighted by atomic mass is 35.5.